The number of aromatic nitrogens is 4. The fraction of sp³-hybridized carbons (Fsp3) is 0.500. The van der Waals surface area contributed by atoms with Gasteiger partial charge in [0.2, 0.25) is 5.95 Å². The molecular weight excluding hydrogens is 220 g/mol. The molecule has 17 heavy (non-hydrogen) atoms. The van der Waals surface area contributed by atoms with Crippen molar-refractivity contribution in [3.05, 3.63) is 12.5 Å². The van der Waals surface area contributed by atoms with E-state index in [1.807, 2.05) is 0 Å². The number of nitrogens with one attached hydrogen (secondary N) is 3. The van der Waals surface area contributed by atoms with E-state index < -0.39 is 0 Å². The molecule has 5 N–H and O–H groups in total. The van der Waals surface area contributed by atoms with Crippen LogP contribution in [-0.4, -0.2) is 44.5 Å². The highest BCUT2D eigenvalue weighted by molar-refractivity contribution is 5.71. The number of H-pyrrole nitrogens is 1. The Bertz CT molecular complexity index is 445. The highest BCUT2D eigenvalue weighted by Crippen LogP contribution is 2.13. The normalized spacial score (nSPS) is 16.7. The molecule has 0 unspecified atom stereocenters. The van der Waals surface area contributed by atoms with Crippen LogP contribution in [0.2, 0.25) is 0 Å². The Morgan fingerprint density at radius 3 is 2.88 bits per heavy atom. The molecule has 2 aromatic rings. The second-order valence-electron chi connectivity index (χ2n) is 4.01. The van der Waals surface area contributed by atoms with E-state index in [2.05, 4.69) is 30.6 Å². The van der Waals surface area contributed by atoms with Gasteiger partial charge in [0.05, 0.1) is 6.20 Å². The van der Waals surface area contributed by atoms with Crippen molar-refractivity contribution in [1.29, 1.82) is 0 Å². The molecule has 7 nitrogen and oxygen atoms in total. The average Bonchev–Trinajstić information content (AvgIpc) is 2.72. The Morgan fingerprint density at radius 2 is 2.12 bits per heavy atom. The minimum absolute atomic E-state index is 0. The molecule has 0 aromatic carbocycles. The van der Waals surface area contributed by atoms with Gasteiger partial charge in [-0.15, -0.1) is 0 Å². The van der Waals surface area contributed by atoms with Crippen molar-refractivity contribution < 1.29 is 5.48 Å². The SMILES string of the molecule is O.c1ncc2[nH]c(NC3CCNCC3)nc2n1. The van der Waals surface area contributed by atoms with Crippen LogP contribution >= 0.6 is 0 Å². The van der Waals surface area contributed by atoms with Gasteiger partial charge in [-0.25, -0.2) is 9.97 Å². The smallest absolute Gasteiger partial charge is 0.202 e. The first kappa shape index (κ1) is 11.7. The number of imidazole rings is 1. The van der Waals surface area contributed by atoms with Crippen molar-refractivity contribution in [3.63, 3.8) is 0 Å². The number of anilines is 1. The van der Waals surface area contributed by atoms with E-state index in [0.29, 0.717) is 11.7 Å². The molecule has 1 saturated heterocycles. The maximum atomic E-state index is 4.37. The van der Waals surface area contributed by atoms with E-state index in [-0.39, 0.29) is 5.48 Å². The van der Waals surface area contributed by atoms with Crippen LogP contribution in [0.25, 0.3) is 11.2 Å². The fourth-order valence-electron chi connectivity index (χ4n) is 1.99. The zero-order valence-corrected chi connectivity index (χ0v) is 9.40. The molecule has 1 fully saturated rings. The Morgan fingerprint density at radius 1 is 1.29 bits per heavy atom. The van der Waals surface area contributed by atoms with Crippen LogP contribution in [0, 0.1) is 0 Å². The predicted molar refractivity (Wildman–Crippen MR) is 64.8 cm³/mol. The van der Waals surface area contributed by atoms with Crippen molar-refractivity contribution in [2.45, 2.75) is 18.9 Å². The van der Waals surface area contributed by atoms with E-state index in [1.54, 1.807) is 6.20 Å². The van der Waals surface area contributed by atoms with Crippen LogP contribution < -0.4 is 10.6 Å². The van der Waals surface area contributed by atoms with Gasteiger partial charge in [-0.2, -0.15) is 4.98 Å². The third kappa shape index (κ3) is 2.51. The van der Waals surface area contributed by atoms with E-state index in [0.717, 1.165) is 37.4 Å². The summed E-state index contributed by atoms with van der Waals surface area (Å²) in [6.45, 7) is 2.13. The first-order valence-corrected chi connectivity index (χ1v) is 5.55. The molecule has 1 aliphatic heterocycles. The summed E-state index contributed by atoms with van der Waals surface area (Å²) in [4.78, 5) is 15.6. The predicted octanol–water partition coefficient (Wildman–Crippen LogP) is -0.308. The highest BCUT2D eigenvalue weighted by atomic mass is 16.0. The summed E-state index contributed by atoms with van der Waals surface area (Å²) < 4.78 is 0. The lowest BCUT2D eigenvalue weighted by Crippen LogP contribution is -2.35. The van der Waals surface area contributed by atoms with Crippen LogP contribution in [0.4, 0.5) is 5.95 Å². The number of hydrogen-bond acceptors (Lipinski definition) is 5. The van der Waals surface area contributed by atoms with Gasteiger partial charge in [-0.3, -0.25) is 0 Å². The van der Waals surface area contributed by atoms with Crippen LogP contribution in [0.5, 0.6) is 0 Å². The second kappa shape index (κ2) is 5.07. The zero-order valence-electron chi connectivity index (χ0n) is 9.40. The summed E-state index contributed by atoms with van der Waals surface area (Å²) in [5.74, 6) is 0.794. The number of hydrogen-bond donors (Lipinski definition) is 3. The monoisotopic (exact) mass is 236 g/mol. The first-order valence-electron chi connectivity index (χ1n) is 5.55. The minimum atomic E-state index is 0. The summed E-state index contributed by atoms with van der Waals surface area (Å²) in [7, 11) is 0. The van der Waals surface area contributed by atoms with Crippen molar-refractivity contribution in [2.24, 2.45) is 0 Å². The summed E-state index contributed by atoms with van der Waals surface area (Å²) in [5, 5.41) is 6.73. The van der Waals surface area contributed by atoms with Gasteiger partial charge in [0.15, 0.2) is 5.65 Å². The number of aromatic amines is 1. The molecular formula is C10H16N6O. The summed E-state index contributed by atoms with van der Waals surface area (Å²) in [6, 6.07) is 0.495. The Kier molecular flexibility index (Phi) is 3.50. The molecule has 0 saturated carbocycles. The average molecular weight is 236 g/mol. The van der Waals surface area contributed by atoms with Crippen molar-refractivity contribution in [2.75, 3.05) is 18.4 Å². The largest absolute Gasteiger partial charge is 0.412 e. The van der Waals surface area contributed by atoms with Crippen molar-refractivity contribution in [1.82, 2.24) is 25.3 Å². The molecule has 3 heterocycles. The third-order valence-electron chi connectivity index (χ3n) is 2.84. The molecule has 2 aromatic heterocycles. The summed E-state index contributed by atoms with van der Waals surface area (Å²) in [6.07, 6.45) is 5.51. The lowest BCUT2D eigenvalue weighted by atomic mass is 10.1. The highest BCUT2D eigenvalue weighted by Gasteiger charge is 2.14. The number of nitrogens with zero attached hydrogens (tertiary/aromatic N) is 3. The molecule has 1 aliphatic rings. The van der Waals surface area contributed by atoms with Gasteiger partial charge in [0, 0.05) is 6.04 Å². The molecule has 0 aliphatic carbocycles. The minimum Gasteiger partial charge on any atom is -0.412 e. The molecule has 92 valence electrons. The quantitative estimate of drug-likeness (QED) is 0.662. The number of piperidine rings is 1. The Hall–Kier alpha value is -1.73. The standard InChI is InChI=1S/C10H14N6.H2O/c1-3-11-4-2-7(1)14-10-15-8-5-12-6-13-9(8)16-10;/h5-7,11H,1-4H2,(H2,12,13,14,15,16);1H2. The lowest BCUT2D eigenvalue weighted by molar-refractivity contribution is 0.477. The van der Waals surface area contributed by atoms with Crippen LogP contribution in [0.15, 0.2) is 12.5 Å². The van der Waals surface area contributed by atoms with Crippen molar-refractivity contribution >= 4 is 17.1 Å². The van der Waals surface area contributed by atoms with Gasteiger partial charge in [-0.05, 0) is 25.9 Å². The molecule has 3 rings (SSSR count). The summed E-state index contributed by atoms with van der Waals surface area (Å²) in [5.41, 5.74) is 1.59. The van der Waals surface area contributed by atoms with Gasteiger partial charge in [0.25, 0.3) is 0 Å². The Balaban J connectivity index is 0.00000108. The van der Waals surface area contributed by atoms with E-state index >= 15 is 0 Å². The number of rotatable bonds is 2. The lowest BCUT2D eigenvalue weighted by Gasteiger charge is -2.23. The molecule has 0 bridgehead atoms. The second-order valence-corrected chi connectivity index (χ2v) is 4.01. The van der Waals surface area contributed by atoms with Gasteiger partial charge < -0.3 is 21.1 Å². The third-order valence-corrected chi connectivity index (χ3v) is 2.84. The Labute approximate surface area is 98.4 Å². The molecule has 0 radical (unpaired) electrons. The maximum absolute atomic E-state index is 4.37. The van der Waals surface area contributed by atoms with Crippen LogP contribution in [0.3, 0.4) is 0 Å². The molecule has 0 spiro atoms. The summed E-state index contributed by atoms with van der Waals surface area (Å²) >= 11 is 0. The molecule has 0 atom stereocenters. The van der Waals surface area contributed by atoms with Crippen LogP contribution in [0.1, 0.15) is 12.8 Å². The maximum Gasteiger partial charge on any atom is 0.202 e. The zero-order chi connectivity index (χ0) is 10.8. The van der Waals surface area contributed by atoms with Gasteiger partial charge in [0.1, 0.15) is 11.8 Å². The molecule has 7 heteroatoms. The van der Waals surface area contributed by atoms with Crippen molar-refractivity contribution in [3.8, 4) is 0 Å². The van der Waals surface area contributed by atoms with E-state index in [9.17, 15) is 0 Å². The van der Waals surface area contributed by atoms with Gasteiger partial charge >= 0.3 is 0 Å². The first-order chi connectivity index (χ1) is 7.92. The van der Waals surface area contributed by atoms with Crippen LogP contribution in [-0.2, 0) is 0 Å². The topological polar surface area (TPSA) is 110 Å². The molecule has 0 amide bonds. The van der Waals surface area contributed by atoms with E-state index in [4.69, 9.17) is 0 Å². The van der Waals surface area contributed by atoms with Gasteiger partial charge in [-0.1, -0.05) is 0 Å². The number of fused-ring (bicyclic) bond motifs is 1. The van der Waals surface area contributed by atoms with E-state index in [1.165, 1.54) is 6.33 Å². The fourth-order valence-corrected chi connectivity index (χ4v) is 1.99.